The summed E-state index contributed by atoms with van der Waals surface area (Å²) in [6, 6.07) is 0. The van der Waals surface area contributed by atoms with Crippen molar-refractivity contribution >= 4 is 0 Å². The molecule has 4 heteroatoms. The van der Waals surface area contributed by atoms with E-state index >= 15 is 0 Å². The minimum atomic E-state index is 0. The van der Waals surface area contributed by atoms with Crippen LogP contribution in [-0.4, -0.2) is 10.5 Å². The Hall–Kier alpha value is 1.40. The largest absolute Gasteiger partial charge is 0.221 e. The summed E-state index contributed by atoms with van der Waals surface area (Å²) in [4.78, 5) is 0. The van der Waals surface area contributed by atoms with Crippen molar-refractivity contribution in [2.45, 2.75) is 0 Å². The number of hydrogen-bond acceptors (Lipinski definition) is 3. The van der Waals surface area contributed by atoms with Crippen molar-refractivity contribution < 1.29 is 62.5 Å². The summed E-state index contributed by atoms with van der Waals surface area (Å²) in [5.41, 5.74) is 0. The summed E-state index contributed by atoms with van der Waals surface area (Å²) in [5, 5.41) is 15.5. The normalized spacial score (nSPS) is 4.50. The van der Waals surface area contributed by atoms with E-state index < -0.39 is 0 Å². The van der Waals surface area contributed by atoms with Gasteiger partial charge in [-0.2, -0.15) is 0 Å². The molecule has 0 aromatic rings. The molecule has 0 aliphatic carbocycles. The molecule has 0 aromatic heterocycles. The molecule has 0 saturated heterocycles. The minimum Gasteiger partial charge on any atom is -0.221 e. The van der Waals surface area contributed by atoms with Gasteiger partial charge in [-0.05, 0) is 0 Å². The molecule has 2 N–H and O–H groups in total. The molecule has 0 atom stereocenters. The van der Waals surface area contributed by atoms with E-state index in [1.807, 2.05) is 0 Å². The van der Waals surface area contributed by atoms with Gasteiger partial charge in [0.05, 0.1) is 0 Å². The molecule has 4 heavy (non-hydrogen) atoms. The van der Waals surface area contributed by atoms with Gasteiger partial charge in [0.1, 0.15) is 0 Å². The SMILES string of the molecule is OOO.[Yb]. The maximum absolute atomic E-state index is 6.62. The molecule has 0 aliphatic heterocycles. The summed E-state index contributed by atoms with van der Waals surface area (Å²) in [7, 11) is 0. The zero-order chi connectivity index (χ0) is 2.71. The van der Waals surface area contributed by atoms with E-state index in [0.717, 1.165) is 0 Å². The Balaban J connectivity index is 0. The van der Waals surface area contributed by atoms with Crippen LogP contribution in [0.5, 0.6) is 0 Å². The molecule has 0 heterocycles. The van der Waals surface area contributed by atoms with Crippen molar-refractivity contribution in [3.63, 3.8) is 0 Å². The van der Waals surface area contributed by atoms with E-state index in [-0.39, 0.29) is 46.9 Å². The molecule has 0 spiro atoms. The fourth-order valence-corrected chi connectivity index (χ4v) is 0. The smallest absolute Gasteiger partial charge is 0 e. The molecule has 0 amide bonds. The monoisotopic (exact) mass is 224 g/mol. The average molecular weight is 223 g/mol. The molecule has 0 bridgehead atoms. The van der Waals surface area contributed by atoms with Crippen LogP contribution in [0.4, 0.5) is 0 Å². The quantitative estimate of drug-likeness (QED) is 0.447. The molecule has 0 unspecified atom stereocenters. The van der Waals surface area contributed by atoms with Crippen LogP contribution < -0.4 is 0 Å². The van der Waals surface area contributed by atoms with Crippen LogP contribution in [0.25, 0.3) is 0 Å². The van der Waals surface area contributed by atoms with Crippen LogP contribution >= 0.6 is 0 Å². The first-order valence-electron chi connectivity index (χ1n) is 0.365. The third kappa shape index (κ3) is 9.99. The van der Waals surface area contributed by atoms with Gasteiger partial charge in [-0.3, -0.25) is 0 Å². The maximum atomic E-state index is 6.62. The van der Waals surface area contributed by atoms with Crippen molar-refractivity contribution in [2.24, 2.45) is 0 Å². The van der Waals surface area contributed by atoms with E-state index in [4.69, 9.17) is 10.5 Å². The van der Waals surface area contributed by atoms with Crippen molar-refractivity contribution in [2.75, 3.05) is 0 Å². The van der Waals surface area contributed by atoms with Crippen molar-refractivity contribution in [1.82, 2.24) is 0 Å². The van der Waals surface area contributed by atoms with E-state index in [2.05, 4.69) is 5.04 Å². The summed E-state index contributed by atoms with van der Waals surface area (Å²) in [6.07, 6.45) is 0. The third-order valence-electron chi connectivity index (χ3n) is 0. The Morgan fingerprint density at radius 3 is 1.25 bits per heavy atom. The van der Waals surface area contributed by atoms with Crippen LogP contribution in [0, 0.1) is 46.9 Å². The Morgan fingerprint density at radius 1 is 1.25 bits per heavy atom. The molecule has 0 saturated carbocycles. The summed E-state index contributed by atoms with van der Waals surface area (Å²) in [6.45, 7) is 0. The summed E-state index contributed by atoms with van der Waals surface area (Å²) >= 11 is 0. The van der Waals surface area contributed by atoms with Crippen molar-refractivity contribution in [3.8, 4) is 0 Å². The molecule has 0 fully saturated rings. The fraction of sp³-hybridized carbons (Fsp3) is 0. The van der Waals surface area contributed by atoms with Gasteiger partial charge in [0.15, 0.2) is 0 Å². The van der Waals surface area contributed by atoms with Crippen molar-refractivity contribution in [1.29, 1.82) is 0 Å². The molecular formula is H2O3Yb. The molecule has 3 nitrogen and oxygen atoms in total. The molecule has 0 rings (SSSR count). The van der Waals surface area contributed by atoms with Crippen molar-refractivity contribution in [3.05, 3.63) is 0 Å². The summed E-state index contributed by atoms with van der Waals surface area (Å²) in [5.74, 6) is 0. The topological polar surface area (TPSA) is 49.7 Å². The van der Waals surface area contributed by atoms with Gasteiger partial charge in [0.2, 0.25) is 0 Å². The zero-order valence-corrected chi connectivity index (χ0v) is 3.28. The van der Waals surface area contributed by atoms with E-state index in [0.29, 0.717) is 0 Å². The molecule has 0 aliphatic rings. The van der Waals surface area contributed by atoms with Gasteiger partial charge in [0, 0.05) is 46.9 Å². The second kappa shape index (κ2) is 8.83. The number of rotatable bonds is 0. The Bertz CT molecular complexity index is 3.25. The predicted molar refractivity (Wildman–Crippen MR) is 6.34 cm³/mol. The third-order valence-corrected chi connectivity index (χ3v) is 0. The zero-order valence-electron chi connectivity index (χ0n) is 1.57. The van der Waals surface area contributed by atoms with Crippen LogP contribution in [0.15, 0.2) is 0 Å². The molecule has 34 valence electrons. The van der Waals surface area contributed by atoms with Gasteiger partial charge in [-0.25, -0.2) is 10.5 Å². The van der Waals surface area contributed by atoms with Gasteiger partial charge in [-0.15, -0.1) is 0 Å². The van der Waals surface area contributed by atoms with Gasteiger partial charge < -0.3 is 0 Å². The van der Waals surface area contributed by atoms with Crippen LogP contribution in [0.2, 0.25) is 0 Å². The maximum Gasteiger partial charge on any atom is 0 e. The van der Waals surface area contributed by atoms with E-state index in [1.54, 1.807) is 0 Å². The number of hydrogen-bond donors (Lipinski definition) is 2. The first-order valence-corrected chi connectivity index (χ1v) is 0.365. The standard InChI is InChI=1S/H2O3.Yb/c1-3-2;/h1-2H;. The summed E-state index contributed by atoms with van der Waals surface area (Å²) < 4.78 is 0. The van der Waals surface area contributed by atoms with E-state index in [1.165, 1.54) is 0 Å². The van der Waals surface area contributed by atoms with Gasteiger partial charge in [-0.1, -0.05) is 5.04 Å². The second-order valence-corrected chi connectivity index (χ2v) is 0.0816. The van der Waals surface area contributed by atoms with Crippen LogP contribution in [0.3, 0.4) is 0 Å². The Kier molecular flexibility index (Phi) is 20.0. The average Bonchev–Trinajstić information content (AvgIpc) is 0.918. The Labute approximate surface area is 61.7 Å². The molecular weight excluding hydrogens is 221 g/mol. The van der Waals surface area contributed by atoms with Crippen LogP contribution in [0.1, 0.15) is 0 Å². The fourth-order valence-electron chi connectivity index (χ4n) is 0. The van der Waals surface area contributed by atoms with Gasteiger partial charge >= 0.3 is 0 Å². The minimum absolute atomic E-state index is 0. The van der Waals surface area contributed by atoms with E-state index in [9.17, 15) is 0 Å². The second-order valence-electron chi connectivity index (χ2n) is 0.0816. The predicted octanol–water partition coefficient (Wildman–Crippen LogP) is -0.0510. The van der Waals surface area contributed by atoms with Crippen LogP contribution in [-0.2, 0) is 5.04 Å². The first-order chi connectivity index (χ1) is 1.41. The first kappa shape index (κ1) is 9.04. The molecule has 0 radical (unpaired) electrons. The molecule has 0 aromatic carbocycles. The Morgan fingerprint density at radius 2 is 1.25 bits per heavy atom. The van der Waals surface area contributed by atoms with Gasteiger partial charge in [0.25, 0.3) is 0 Å².